The highest BCUT2D eigenvalue weighted by molar-refractivity contribution is 7.92. The number of nitrogens with zero attached hydrogens (tertiary/aromatic N) is 2. The normalized spacial score (nSPS) is 11.9. The molecule has 0 unspecified atom stereocenters. The topological polar surface area (TPSA) is 86.8 Å². The van der Waals surface area contributed by atoms with Crippen molar-refractivity contribution in [1.29, 1.82) is 0 Å². The van der Waals surface area contributed by atoms with Gasteiger partial charge in [0.15, 0.2) is 0 Å². The molecule has 0 spiro atoms. The Morgan fingerprint density at radius 1 is 0.795 bits per heavy atom. The van der Waals surface area contributed by atoms with Gasteiger partial charge in [-0.15, -0.1) is 0 Å². The van der Waals surface area contributed by atoms with Crippen molar-refractivity contribution in [2.45, 2.75) is 44.2 Å². The van der Waals surface area contributed by atoms with E-state index >= 15 is 0 Å². The molecule has 0 aliphatic heterocycles. The molecule has 4 rings (SSSR count). The number of benzene rings is 4. The maximum atomic E-state index is 14.4. The number of hydrogen-bond donors (Lipinski definition) is 1. The van der Waals surface area contributed by atoms with Crippen LogP contribution in [0.2, 0.25) is 10.0 Å². The molecule has 0 saturated carbocycles. The molecule has 0 radical (unpaired) electrons. The molecule has 1 N–H and O–H groups in total. The van der Waals surface area contributed by atoms with Gasteiger partial charge < -0.3 is 10.2 Å². The Balaban J connectivity index is 1.78. The van der Waals surface area contributed by atoms with E-state index in [1.54, 1.807) is 60.7 Å². The molecule has 0 saturated heterocycles. The van der Waals surface area contributed by atoms with Gasteiger partial charge in [0.05, 0.1) is 10.6 Å². The molecular formula is C34H35Cl2N3O4S. The number of aryl methyl sites for hydroxylation is 1. The highest BCUT2D eigenvalue weighted by Gasteiger charge is 2.34. The van der Waals surface area contributed by atoms with Gasteiger partial charge >= 0.3 is 0 Å². The van der Waals surface area contributed by atoms with Gasteiger partial charge in [0, 0.05) is 29.6 Å². The Bertz CT molecular complexity index is 1650. The first-order chi connectivity index (χ1) is 21.1. The summed E-state index contributed by atoms with van der Waals surface area (Å²) >= 11 is 12.2. The molecule has 44 heavy (non-hydrogen) atoms. The molecule has 0 fully saturated rings. The van der Waals surface area contributed by atoms with E-state index in [1.807, 2.05) is 44.2 Å². The second-order valence-electron chi connectivity index (χ2n) is 10.4. The van der Waals surface area contributed by atoms with Crippen LogP contribution >= 0.6 is 23.2 Å². The summed E-state index contributed by atoms with van der Waals surface area (Å²) in [6, 6.07) is 28.2. The van der Waals surface area contributed by atoms with Crippen LogP contribution < -0.4 is 9.62 Å². The minimum absolute atomic E-state index is 0.0385. The standard InChI is InChI=1S/C34H35Cl2N3O4S/c1-3-21-37-34(41)32(22-26-7-5-4-6-8-26)38(23-27-11-13-28(35)14-12-27)33(40)24-39(30-17-15-29(36)16-18-30)44(42,43)31-19-9-25(2)10-20-31/h4-20,32H,3,21-24H2,1-2H3,(H,37,41)/t32-/m0/s1. The summed E-state index contributed by atoms with van der Waals surface area (Å²) in [5.41, 5.74) is 2.77. The fraction of sp³-hybridized carbons (Fsp3) is 0.235. The number of halogens is 2. The molecule has 230 valence electrons. The number of carbonyl (C=O) groups excluding carboxylic acids is 2. The summed E-state index contributed by atoms with van der Waals surface area (Å²) in [6.45, 7) is 3.76. The second kappa shape index (κ2) is 15.2. The van der Waals surface area contributed by atoms with E-state index in [4.69, 9.17) is 23.2 Å². The van der Waals surface area contributed by atoms with Crippen molar-refractivity contribution in [1.82, 2.24) is 10.2 Å². The van der Waals surface area contributed by atoms with Crippen LogP contribution in [0.1, 0.15) is 30.0 Å². The zero-order valence-corrected chi connectivity index (χ0v) is 26.9. The van der Waals surface area contributed by atoms with Crippen LogP contribution in [0.4, 0.5) is 5.69 Å². The van der Waals surface area contributed by atoms with Crippen LogP contribution in [0.5, 0.6) is 0 Å². The molecule has 0 aromatic heterocycles. The first kappa shape index (κ1) is 33.1. The summed E-state index contributed by atoms with van der Waals surface area (Å²) in [6.07, 6.45) is 0.954. The van der Waals surface area contributed by atoms with Crippen molar-refractivity contribution in [3.63, 3.8) is 0 Å². The van der Waals surface area contributed by atoms with Crippen LogP contribution in [0.3, 0.4) is 0 Å². The minimum Gasteiger partial charge on any atom is -0.354 e. The molecule has 4 aromatic carbocycles. The zero-order valence-electron chi connectivity index (χ0n) is 24.6. The third kappa shape index (κ3) is 8.62. The van der Waals surface area contributed by atoms with Crippen LogP contribution in [0.25, 0.3) is 0 Å². The SMILES string of the molecule is CCCNC(=O)[C@H](Cc1ccccc1)N(Cc1ccc(Cl)cc1)C(=O)CN(c1ccc(Cl)cc1)S(=O)(=O)c1ccc(C)cc1. The highest BCUT2D eigenvalue weighted by atomic mass is 35.5. The Morgan fingerprint density at radius 3 is 1.98 bits per heavy atom. The first-order valence-corrected chi connectivity index (χ1v) is 16.5. The lowest BCUT2D eigenvalue weighted by molar-refractivity contribution is -0.140. The van der Waals surface area contributed by atoms with Gasteiger partial charge in [-0.2, -0.15) is 0 Å². The number of carbonyl (C=O) groups is 2. The Morgan fingerprint density at radius 2 is 1.39 bits per heavy atom. The lowest BCUT2D eigenvalue weighted by atomic mass is 10.0. The van der Waals surface area contributed by atoms with E-state index in [-0.39, 0.29) is 29.5 Å². The van der Waals surface area contributed by atoms with E-state index in [0.717, 1.165) is 21.0 Å². The van der Waals surface area contributed by atoms with Gasteiger partial charge in [-0.05, 0) is 73.0 Å². The highest BCUT2D eigenvalue weighted by Crippen LogP contribution is 2.27. The van der Waals surface area contributed by atoms with E-state index in [0.29, 0.717) is 23.0 Å². The lowest BCUT2D eigenvalue weighted by Gasteiger charge is -2.34. The number of nitrogens with one attached hydrogen (secondary N) is 1. The number of amides is 2. The molecule has 4 aromatic rings. The number of sulfonamides is 1. The van der Waals surface area contributed by atoms with Crippen molar-refractivity contribution < 1.29 is 18.0 Å². The second-order valence-corrected chi connectivity index (χ2v) is 13.2. The summed E-state index contributed by atoms with van der Waals surface area (Å²) in [5, 5.41) is 3.89. The van der Waals surface area contributed by atoms with Crippen molar-refractivity contribution in [3.8, 4) is 0 Å². The minimum atomic E-state index is -4.19. The molecule has 2 amide bonds. The van der Waals surface area contributed by atoms with Crippen molar-refractivity contribution in [3.05, 3.63) is 130 Å². The summed E-state index contributed by atoms with van der Waals surface area (Å²) in [4.78, 5) is 29.6. The van der Waals surface area contributed by atoms with Gasteiger partial charge in [-0.3, -0.25) is 13.9 Å². The molecule has 0 bridgehead atoms. The van der Waals surface area contributed by atoms with Gasteiger partial charge in [0.25, 0.3) is 10.0 Å². The number of rotatable bonds is 13. The summed E-state index contributed by atoms with van der Waals surface area (Å²) < 4.78 is 29.2. The van der Waals surface area contributed by atoms with Crippen LogP contribution in [-0.4, -0.2) is 44.3 Å². The van der Waals surface area contributed by atoms with Gasteiger partial charge in [0.1, 0.15) is 12.6 Å². The molecule has 10 heteroatoms. The maximum Gasteiger partial charge on any atom is 0.264 e. The van der Waals surface area contributed by atoms with Gasteiger partial charge in [0.2, 0.25) is 11.8 Å². The van der Waals surface area contributed by atoms with Gasteiger partial charge in [-0.1, -0.05) is 90.3 Å². The zero-order chi connectivity index (χ0) is 31.7. The smallest absolute Gasteiger partial charge is 0.264 e. The molecular weight excluding hydrogens is 617 g/mol. The fourth-order valence-electron chi connectivity index (χ4n) is 4.68. The predicted molar refractivity (Wildman–Crippen MR) is 176 cm³/mol. The van der Waals surface area contributed by atoms with Crippen LogP contribution in [0.15, 0.2) is 108 Å². The molecule has 7 nitrogen and oxygen atoms in total. The summed E-state index contributed by atoms with van der Waals surface area (Å²) in [5.74, 6) is -0.865. The van der Waals surface area contributed by atoms with Crippen molar-refractivity contribution in [2.75, 3.05) is 17.4 Å². The largest absolute Gasteiger partial charge is 0.354 e. The number of anilines is 1. The van der Waals surface area contributed by atoms with Crippen molar-refractivity contribution >= 4 is 50.7 Å². The van der Waals surface area contributed by atoms with E-state index in [1.165, 1.54) is 17.0 Å². The Kier molecular flexibility index (Phi) is 11.4. The third-order valence-electron chi connectivity index (χ3n) is 7.09. The fourth-order valence-corrected chi connectivity index (χ4v) is 6.35. The molecule has 1 atom stereocenters. The van der Waals surface area contributed by atoms with Crippen LogP contribution in [0, 0.1) is 6.92 Å². The average molecular weight is 653 g/mol. The average Bonchev–Trinajstić information content (AvgIpc) is 3.02. The monoisotopic (exact) mass is 651 g/mol. The van der Waals surface area contributed by atoms with Gasteiger partial charge in [-0.25, -0.2) is 8.42 Å². The summed E-state index contributed by atoms with van der Waals surface area (Å²) in [7, 11) is -4.19. The Hall–Kier alpha value is -3.85. The van der Waals surface area contributed by atoms with E-state index in [9.17, 15) is 18.0 Å². The van der Waals surface area contributed by atoms with Crippen LogP contribution in [-0.2, 0) is 32.6 Å². The predicted octanol–water partition coefficient (Wildman–Crippen LogP) is 6.66. The molecule has 0 heterocycles. The van der Waals surface area contributed by atoms with Crippen molar-refractivity contribution in [2.24, 2.45) is 0 Å². The number of hydrogen-bond acceptors (Lipinski definition) is 4. The third-order valence-corrected chi connectivity index (χ3v) is 9.38. The first-order valence-electron chi connectivity index (χ1n) is 14.3. The maximum absolute atomic E-state index is 14.4. The lowest BCUT2D eigenvalue weighted by Crippen LogP contribution is -2.53. The van der Waals surface area contributed by atoms with E-state index < -0.39 is 28.5 Å². The quantitative estimate of drug-likeness (QED) is 0.175. The molecule has 0 aliphatic rings. The Labute approximate surface area is 269 Å². The van der Waals surface area contributed by atoms with E-state index in [2.05, 4.69) is 5.32 Å². The molecule has 0 aliphatic carbocycles.